The van der Waals surface area contributed by atoms with Crippen molar-refractivity contribution in [2.45, 2.75) is 0 Å². The van der Waals surface area contributed by atoms with E-state index in [0.717, 1.165) is 11.1 Å². The third kappa shape index (κ3) is 3.50. The molecule has 0 bridgehead atoms. The Balaban J connectivity index is 1.75. The molecule has 3 rings (SSSR count). The van der Waals surface area contributed by atoms with Gasteiger partial charge in [-0.25, -0.2) is 9.59 Å². The number of rotatable bonds is 4. The smallest absolute Gasteiger partial charge is 0.343 e. The molecule has 0 fully saturated rings. The van der Waals surface area contributed by atoms with Gasteiger partial charge < -0.3 is 9.84 Å². The SMILES string of the molecule is O=C(O)c1ccc(-c2ccc(C(=O)Oc3ccccc3)cc2)cc1. The van der Waals surface area contributed by atoms with Crippen molar-refractivity contribution in [3.63, 3.8) is 0 Å². The maximum Gasteiger partial charge on any atom is 0.343 e. The summed E-state index contributed by atoms with van der Waals surface area (Å²) >= 11 is 0. The summed E-state index contributed by atoms with van der Waals surface area (Å²) in [7, 11) is 0. The van der Waals surface area contributed by atoms with Crippen LogP contribution in [0.4, 0.5) is 0 Å². The van der Waals surface area contributed by atoms with Gasteiger partial charge in [-0.05, 0) is 47.5 Å². The van der Waals surface area contributed by atoms with Crippen molar-refractivity contribution in [1.29, 1.82) is 0 Å². The molecule has 0 heterocycles. The monoisotopic (exact) mass is 318 g/mol. The minimum atomic E-state index is -0.958. The first-order valence-corrected chi connectivity index (χ1v) is 7.34. The molecule has 0 aliphatic carbocycles. The van der Waals surface area contributed by atoms with Gasteiger partial charge in [0.1, 0.15) is 5.75 Å². The third-order valence-corrected chi connectivity index (χ3v) is 3.54. The minimum Gasteiger partial charge on any atom is -0.478 e. The predicted octanol–water partition coefficient (Wildman–Crippen LogP) is 4.27. The van der Waals surface area contributed by atoms with Gasteiger partial charge in [0, 0.05) is 0 Å². The van der Waals surface area contributed by atoms with E-state index in [1.165, 1.54) is 0 Å². The first-order chi connectivity index (χ1) is 11.6. The molecule has 0 amide bonds. The number of carbonyl (C=O) groups is 2. The predicted molar refractivity (Wildman–Crippen MR) is 90.2 cm³/mol. The number of aromatic carboxylic acids is 1. The lowest BCUT2D eigenvalue weighted by Gasteiger charge is -2.06. The van der Waals surface area contributed by atoms with Crippen LogP contribution in [0.2, 0.25) is 0 Å². The maximum absolute atomic E-state index is 12.1. The summed E-state index contributed by atoms with van der Waals surface area (Å²) in [4.78, 5) is 23.0. The summed E-state index contributed by atoms with van der Waals surface area (Å²) < 4.78 is 5.28. The van der Waals surface area contributed by atoms with Crippen molar-refractivity contribution in [3.05, 3.63) is 90.0 Å². The van der Waals surface area contributed by atoms with Crippen LogP contribution in [-0.2, 0) is 0 Å². The Morgan fingerprint density at radius 3 is 1.67 bits per heavy atom. The molecule has 1 N–H and O–H groups in total. The highest BCUT2D eigenvalue weighted by Gasteiger charge is 2.09. The number of ether oxygens (including phenoxy) is 1. The summed E-state index contributed by atoms with van der Waals surface area (Å²) in [5.41, 5.74) is 2.46. The zero-order valence-electron chi connectivity index (χ0n) is 12.7. The fourth-order valence-electron chi connectivity index (χ4n) is 2.26. The number of para-hydroxylation sites is 1. The Morgan fingerprint density at radius 1 is 0.667 bits per heavy atom. The molecule has 4 nitrogen and oxygen atoms in total. The van der Waals surface area contributed by atoms with Crippen LogP contribution >= 0.6 is 0 Å². The average Bonchev–Trinajstić information content (AvgIpc) is 2.63. The highest BCUT2D eigenvalue weighted by Crippen LogP contribution is 2.21. The van der Waals surface area contributed by atoms with Crippen molar-refractivity contribution in [2.75, 3.05) is 0 Å². The summed E-state index contributed by atoms with van der Waals surface area (Å²) in [6.07, 6.45) is 0. The Morgan fingerprint density at radius 2 is 1.17 bits per heavy atom. The van der Waals surface area contributed by atoms with E-state index in [-0.39, 0.29) is 5.56 Å². The van der Waals surface area contributed by atoms with E-state index < -0.39 is 11.9 Å². The number of hydrogen-bond donors (Lipinski definition) is 1. The highest BCUT2D eigenvalue weighted by molar-refractivity contribution is 5.92. The molecule has 0 aromatic heterocycles. The molecular formula is C20H14O4. The molecule has 24 heavy (non-hydrogen) atoms. The van der Waals surface area contributed by atoms with Crippen LogP contribution in [0, 0.1) is 0 Å². The summed E-state index contributed by atoms with van der Waals surface area (Å²) in [5, 5.41) is 8.91. The second kappa shape index (κ2) is 6.79. The molecule has 0 spiro atoms. The summed E-state index contributed by atoms with van der Waals surface area (Å²) in [5.74, 6) is -0.884. The number of benzene rings is 3. The lowest BCUT2D eigenvalue weighted by molar-refractivity contribution is 0.0694. The van der Waals surface area contributed by atoms with Crippen molar-refractivity contribution in [2.24, 2.45) is 0 Å². The van der Waals surface area contributed by atoms with Crippen LogP contribution in [-0.4, -0.2) is 17.0 Å². The fraction of sp³-hybridized carbons (Fsp3) is 0. The second-order valence-corrected chi connectivity index (χ2v) is 5.16. The zero-order valence-corrected chi connectivity index (χ0v) is 12.7. The van der Waals surface area contributed by atoms with Crippen molar-refractivity contribution in [1.82, 2.24) is 0 Å². The summed E-state index contributed by atoms with van der Waals surface area (Å²) in [6.45, 7) is 0. The van der Waals surface area contributed by atoms with Crippen molar-refractivity contribution >= 4 is 11.9 Å². The molecule has 0 saturated heterocycles. The van der Waals surface area contributed by atoms with Crippen molar-refractivity contribution in [3.8, 4) is 16.9 Å². The maximum atomic E-state index is 12.1. The van der Waals surface area contributed by atoms with Crippen LogP contribution in [0.25, 0.3) is 11.1 Å². The molecule has 0 radical (unpaired) electrons. The van der Waals surface area contributed by atoms with Gasteiger partial charge in [-0.1, -0.05) is 42.5 Å². The van der Waals surface area contributed by atoms with Crippen molar-refractivity contribution < 1.29 is 19.4 Å². The normalized spacial score (nSPS) is 10.2. The van der Waals surface area contributed by atoms with E-state index in [0.29, 0.717) is 11.3 Å². The standard InChI is InChI=1S/C20H14O4/c21-19(22)16-10-6-14(7-11-16)15-8-12-17(13-9-15)20(23)24-18-4-2-1-3-5-18/h1-13H,(H,21,22). The van der Waals surface area contributed by atoms with E-state index in [4.69, 9.17) is 9.84 Å². The largest absolute Gasteiger partial charge is 0.478 e. The molecule has 0 aliphatic heterocycles. The van der Waals surface area contributed by atoms with Gasteiger partial charge in [0.15, 0.2) is 0 Å². The van der Waals surface area contributed by atoms with E-state index in [9.17, 15) is 9.59 Å². The molecular weight excluding hydrogens is 304 g/mol. The van der Waals surface area contributed by atoms with Crippen LogP contribution in [0.3, 0.4) is 0 Å². The Kier molecular flexibility index (Phi) is 4.38. The highest BCUT2D eigenvalue weighted by atomic mass is 16.5. The number of carboxylic acid groups (broad SMARTS) is 1. The average molecular weight is 318 g/mol. The molecule has 3 aromatic carbocycles. The number of carboxylic acids is 1. The van der Waals surface area contributed by atoms with E-state index in [1.54, 1.807) is 72.8 Å². The van der Waals surface area contributed by atoms with Crippen LogP contribution < -0.4 is 4.74 Å². The summed E-state index contributed by atoms with van der Waals surface area (Å²) in [6, 6.07) is 22.4. The fourth-order valence-corrected chi connectivity index (χ4v) is 2.26. The van der Waals surface area contributed by atoms with Gasteiger partial charge in [0.25, 0.3) is 0 Å². The molecule has 0 unspecified atom stereocenters. The second-order valence-electron chi connectivity index (χ2n) is 5.16. The number of hydrogen-bond acceptors (Lipinski definition) is 3. The van der Waals surface area contributed by atoms with Crippen LogP contribution in [0.15, 0.2) is 78.9 Å². The van der Waals surface area contributed by atoms with Gasteiger partial charge in [-0.2, -0.15) is 0 Å². The van der Waals surface area contributed by atoms with Crippen LogP contribution in [0.5, 0.6) is 5.75 Å². The Bertz CT molecular complexity index is 850. The quantitative estimate of drug-likeness (QED) is 0.576. The van der Waals surface area contributed by atoms with Gasteiger partial charge >= 0.3 is 11.9 Å². The first kappa shape index (κ1) is 15.5. The molecule has 3 aromatic rings. The Labute approximate surface area is 139 Å². The number of carbonyl (C=O) groups excluding carboxylic acids is 1. The topological polar surface area (TPSA) is 63.6 Å². The van der Waals surface area contributed by atoms with Crippen LogP contribution in [0.1, 0.15) is 20.7 Å². The zero-order chi connectivity index (χ0) is 16.9. The lowest BCUT2D eigenvalue weighted by Crippen LogP contribution is -2.08. The van der Waals surface area contributed by atoms with Gasteiger partial charge in [-0.15, -0.1) is 0 Å². The minimum absolute atomic E-state index is 0.238. The van der Waals surface area contributed by atoms with Gasteiger partial charge in [-0.3, -0.25) is 0 Å². The molecule has 4 heteroatoms. The van der Waals surface area contributed by atoms with E-state index in [2.05, 4.69) is 0 Å². The lowest BCUT2D eigenvalue weighted by atomic mass is 10.0. The van der Waals surface area contributed by atoms with E-state index >= 15 is 0 Å². The van der Waals surface area contributed by atoms with Gasteiger partial charge in [0.05, 0.1) is 11.1 Å². The number of esters is 1. The Hall–Kier alpha value is -3.40. The van der Waals surface area contributed by atoms with E-state index in [1.807, 2.05) is 6.07 Å². The first-order valence-electron chi connectivity index (χ1n) is 7.34. The molecule has 0 saturated carbocycles. The third-order valence-electron chi connectivity index (χ3n) is 3.54. The molecule has 0 aliphatic rings. The van der Waals surface area contributed by atoms with Gasteiger partial charge in [0.2, 0.25) is 0 Å². The molecule has 0 atom stereocenters. The molecule has 118 valence electrons.